The molecule has 108 valence electrons. The lowest BCUT2D eigenvalue weighted by Gasteiger charge is -2.06. The summed E-state index contributed by atoms with van der Waals surface area (Å²) < 4.78 is 26.9. The van der Waals surface area contributed by atoms with E-state index in [2.05, 4.69) is 32.4 Å². The van der Waals surface area contributed by atoms with Crippen molar-refractivity contribution < 1.29 is 13.5 Å². The average Bonchev–Trinajstić information content (AvgIpc) is 2.72. The molecule has 0 bridgehead atoms. The van der Waals surface area contributed by atoms with E-state index in [1.54, 1.807) is 5.38 Å². The lowest BCUT2D eigenvalue weighted by atomic mass is 10.0. The summed E-state index contributed by atoms with van der Waals surface area (Å²) in [5.41, 5.74) is 0.334. The summed E-state index contributed by atoms with van der Waals surface area (Å²) in [7, 11) is -3.46. The van der Waals surface area contributed by atoms with E-state index in [0.717, 1.165) is 0 Å². The molecule has 2 rings (SSSR count). The van der Waals surface area contributed by atoms with Crippen LogP contribution in [0.3, 0.4) is 0 Å². The summed E-state index contributed by atoms with van der Waals surface area (Å²) in [6.07, 6.45) is 0. The van der Waals surface area contributed by atoms with Gasteiger partial charge in [-0.1, -0.05) is 27.7 Å². The number of nitrogens with one attached hydrogen (secondary N) is 1. The summed E-state index contributed by atoms with van der Waals surface area (Å²) >= 11 is 1.26. The van der Waals surface area contributed by atoms with Crippen LogP contribution in [0.2, 0.25) is 0 Å². The number of aliphatic hydroxyl groups excluding tert-OH is 1. The molecule has 6 heteroatoms. The van der Waals surface area contributed by atoms with Crippen molar-refractivity contribution in [3.63, 3.8) is 0 Å². The van der Waals surface area contributed by atoms with E-state index in [9.17, 15) is 8.42 Å². The zero-order chi connectivity index (χ0) is 14.5. The molecule has 0 atom stereocenters. The minimum Gasteiger partial charge on any atom is -0.391 e. The summed E-state index contributed by atoms with van der Waals surface area (Å²) in [6, 6.07) is 1.52. The molecule has 1 aromatic heterocycles. The SMILES string of the molecule is CC1(C)C(CNS(=O)(=O)c2csc(CO)c2)C1(C)C. The lowest BCUT2D eigenvalue weighted by Crippen LogP contribution is -2.27. The fourth-order valence-electron chi connectivity index (χ4n) is 2.70. The first-order chi connectivity index (χ1) is 8.63. The summed E-state index contributed by atoms with van der Waals surface area (Å²) in [5.74, 6) is 0.353. The van der Waals surface area contributed by atoms with E-state index in [-0.39, 0.29) is 22.3 Å². The Morgan fingerprint density at radius 3 is 2.32 bits per heavy atom. The number of aliphatic hydroxyl groups is 1. The van der Waals surface area contributed by atoms with Gasteiger partial charge >= 0.3 is 0 Å². The number of hydrogen-bond donors (Lipinski definition) is 2. The number of sulfonamides is 1. The van der Waals surface area contributed by atoms with Crippen LogP contribution in [0.5, 0.6) is 0 Å². The summed E-state index contributed by atoms with van der Waals surface area (Å²) in [6.45, 7) is 9.01. The summed E-state index contributed by atoms with van der Waals surface area (Å²) in [5, 5.41) is 10.5. The molecule has 1 aliphatic rings. The Labute approximate surface area is 118 Å². The molecule has 1 saturated carbocycles. The molecule has 0 aliphatic heterocycles. The third-order valence-electron chi connectivity index (χ3n) is 4.89. The van der Waals surface area contributed by atoms with Crippen molar-refractivity contribution in [1.29, 1.82) is 0 Å². The van der Waals surface area contributed by atoms with Gasteiger partial charge in [0.1, 0.15) is 0 Å². The van der Waals surface area contributed by atoms with Gasteiger partial charge in [0.15, 0.2) is 0 Å². The third kappa shape index (κ3) is 2.46. The number of rotatable bonds is 5. The van der Waals surface area contributed by atoms with Crippen LogP contribution in [0.25, 0.3) is 0 Å². The van der Waals surface area contributed by atoms with Gasteiger partial charge in [-0.3, -0.25) is 0 Å². The monoisotopic (exact) mass is 303 g/mol. The molecule has 0 spiro atoms. The zero-order valence-corrected chi connectivity index (χ0v) is 13.4. The van der Waals surface area contributed by atoms with Crippen LogP contribution in [-0.4, -0.2) is 20.1 Å². The van der Waals surface area contributed by atoms with Crippen molar-refractivity contribution in [3.05, 3.63) is 16.3 Å². The molecule has 0 aromatic carbocycles. The smallest absolute Gasteiger partial charge is 0.241 e. The van der Waals surface area contributed by atoms with Crippen LogP contribution in [0.1, 0.15) is 32.6 Å². The first-order valence-corrected chi connectivity index (χ1v) is 8.67. The highest BCUT2D eigenvalue weighted by atomic mass is 32.2. The maximum atomic E-state index is 12.1. The van der Waals surface area contributed by atoms with Crippen LogP contribution in [0, 0.1) is 16.7 Å². The van der Waals surface area contributed by atoms with Crippen molar-refractivity contribution in [2.45, 2.75) is 39.2 Å². The Hall–Kier alpha value is -0.430. The van der Waals surface area contributed by atoms with Crippen molar-refractivity contribution in [2.24, 2.45) is 16.7 Å². The second kappa shape index (κ2) is 4.55. The molecule has 0 radical (unpaired) electrons. The molecule has 0 saturated heterocycles. The average molecular weight is 303 g/mol. The predicted molar refractivity (Wildman–Crippen MR) is 76.5 cm³/mol. The molecule has 0 amide bonds. The maximum Gasteiger partial charge on any atom is 0.241 e. The van der Waals surface area contributed by atoms with Crippen molar-refractivity contribution in [2.75, 3.05) is 6.54 Å². The number of thiophene rings is 1. The molecule has 1 fully saturated rings. The van der Waals surface area contributed by atoms with E-state index in [1.165, 1.54) is 17.4 Å². The number of hydrogen-bond acceptors (Lipinski definition) is 4. The Morgan fingerprint density at radius 1 is 1.32 bits per heavy atom. The topological polar surface area (TPSA) is 66.4 Å². The van der Waals surface area contributed by atoms with Crippen molar-refractivity contribution in [3.8, 4) is 0 Å². The normalized spacial score (nSPS) is 21.5. The Morgan fingerprint density at radius 2 is 1.89 bits per heavy atom. The molecule has 19 heavy (non-hydrogen) atoms. The Bertz CT molecular complexity index is 558. The first-order valence-electron chi connectivity index (χ1n) is 6.31. The van der Waals surface area contributed by atoms with Gasteiger partial charge < -0.3 is 5.11 Å². The third-order valence-corrected chi connectivity index (χ3v) is 7.37. The van der Waals surface area contributed by atoms with Crippen LogP contribution in [0.15, 0.2) is 16.3 Å². The molecular formula is C13H21NO3S2. The Balaban J connectivity index is 2.04. The highest BCUT2D eigenvalue weighted by Crippen LogP contribution is 2.67. The fraction of sp³-hybridized carbons (Fsp3) is 0.692. The fourth-order valence-corrected chi connectivity index (χ4v) is 4.89. The van der Waals surface area contributed by atoms with Gasteiger partial charge in [0.25, 0.3) is 0 Å². The summed E-state index contributed by atoms with van der Waals surface area (Å²) in [4.78, 5) is 0.908. The Kier molecular flexibility index (Phi) is 3.58. The van der Waals surface area contributed by atoms with Gasteiger partial charge in [-0.15, -0.1) is 11.3 Å². The quantitative estimate of drug-likeness (QED) is 0.876. The first kappa shape index (κ1) is 15.0. The lowest BCUT2D eigenvalue weighted by molar-refractivity contribution is 0.285. The van der Waals surface area contributed by atoms with Crippen molar-refractivity contribution in [1.82, 2.24) is 4.72 Å². The van der Waals surface area contributed by atoms with E-state index in [4.69, 9.17) is 5.11 Å². The van der Waals surface area contributed by atoms with Gasteiger partial charge in [-0.25, -0.2) is 13.1 Å². The standard InChI is InChI=1S/C13H21NO3S2/c1-12(2)11(13(12,3)4)6-14-19(16,17)10-5-9(7-15)18-8-10/h5,8,11,14-15H,6-7H2,1-4H3. The maximum absolute atomic E-state index is 12.1. The predicted octanol–water partition coefficient (Wildman–Crippen LogP) is 2.20. The molecule has 1 heterocycles. The molecule has 1 aliphatic carbocycles. The van der Waals surface area contributed by atoms with Crippen molar-refractivity contribution >= 4 is 21.4 Å². The van der Waals surface area contributed by atoms with Gasteiger partial charge in [-0.05, 0) is 22.8 Å². The molecule has 1 aromatic rings. The van der Waals surface area contributed by atoms with E-state index < -0.39 is 10.0 Å². The van der Waals surface area contributed by atoms with Gasteiger partial charge in [-0.2, -0.15) is 0 Å². The highest BCUT2D eigenvalue weighted by molar-refractivity contribution is 7.89. The zero-order valence-electron chi connectivity index (χ0n) is 11.7. The molecule has 4 nitrogen and oxygen atoms in total. The van der Waals surface area contributed by atoms with Crippen LogP contribution in [0.4, 0.5) is 0 Å². The largest absolute Gasteiger partial charge is 0.391 e. The highest BCUT2D eigenvalue weighted by Gasteiger charge is 2.64. The molecule has 2 N–H and O–H groups in total. The van der Waals surface area contributed by atoms with E-state index >= 15 is 0 Å². The second-order valence-corrected chi connectivity index (χ2v) is 9.02. The van der Waals surface area contributed by atoms with Crippen LogP contribution in [-0.2, 0) is 16.6 Å². The molecule has 0 unspecified atom stereocenters. The van der Waals surface area contributed by atoms with Gasteiger partial charge in [0.05, 0.1) is 11.5 Å². The van der Waals surface area contributed by atoms with E-state index in [1.807, 2.05) is 0 Å². The molecular weight excluding hydrogens is 282 g/mol. The second-order valence-electron chi connectivity index (χ2n) is 6.25. The van der Waals surface area contributed by atoms with Crippen LogP contribution < -0.4 is 4.72 Å². The minimum atomic E-state index is -3.46. The van der Waals surface area contributed by atoms with Gasteiger partial charge in [0.2, 0.25) is 10.0 Å². The van der Waals surface area contributed by atoms with Gasteiger partial charge in [0, 0.05) is 16.8 Å². The van der Waals surface area contributed by atoms with E-state index in [0.29, 0.717) is 17.3 Å². The van der Waals surface area contributed by atoms with Crippen LogP contribution >= 0.6 is 11.3 Å². The minimum absolute atomic E-state index is 0.122.